The standard InChI is InChI=1S/C10H14O2/c1-4-10(3,11)6-9-5-8(2)7-12-9/h4-5,7,11H,1,6H2,2-3H3/t10-/m1/s1. The van der Waals surface area contributed by atoms with Crippen molar-refractivity contribution in [3.05, 3.63) is 36.3 Å². The minimum atomic E-state index is -0.871. The monoisotopic (exact) mass is 166 g/mol. The highest BCUT2D eigenvalue weighted by atomic mass is 16.3. The maximum atomic E-state index is 9.61. The van der Waals surface area contributed by atoms with Crippen LogP contribution in [0.3, 0.4) is 0 Å². The number of hydrogen-bond acceptors (Lipinski definition) is 2. The van der Waals surface area contributed by atoms with Crippen molar-refractivity contribution >= 4 is 0 Å². The average molecular weight is 166 g/mol. The third-order valence-corrected chi connectivity index (χ3v) is 1.76. The van der Waals surface area contributed by atoms with Crippen molar-refractivity contribution in [1.82, 2.24) is 0 Å². The molecule has 2 nitrogen and oxygen atoms in total. The Bertz CT molecular complexity index is 271. The van der Waals surface area contributed by atoms with Crippen LogP contribution in [-0.4, -0.2) is 10.7 Å². The molecule has 0 spiro atoms. The van der Waals surface area contributed by atoms with Crippen LogP contribution in [-0.2, 0) is 6.42 Å². The molecule has 66 valence electrons. The van der Waals surface area contributed by atoms with Crippen molar-refractivity contribution in [3.63, 3.8) is 0 Å². The summed E-state index contributed by atoms with van der Waals surface area (Å²) in [6.45, 7) is 7.20. The predicted molar refractivity (Wildman–Crippen MR) is 48.0 cm³/mol. The Morgan fingerprint density at radius 2 is 2.42 bits per heavy atom. The SMILES string of the molecule is C=C[C@@](C)(O)Cc1cc(C)co1. The van der Waals surface area contributed by atoms with E-state index in [4.69, 9.17) is 4.42 Å². The fourth-order valence-electron chi connectivity index (χ4n) is 1.01. The molecular formula is C10H14O2. The highest BCUT2D eigenvalue weighted by Gasteiger charge is 2.17. The molecule has 1 aromatic rings. The molecule has 0 aromatic carbocycles. The minimum Gasteiger partial charge on any atom is -0.469 e. The molecule has 0 radical (unpaired) electrons. The first-order valence-electron chi connectivity index (χ1n) is 3.93. The van der Waals surface area contributed by atoms with Gasteiger partial charge >= 0.3 is 0 Å². The number of aryl methyl sites for hydroxylation is 1. The van der Waals surface area contributed by atoms with Gasteiger partial charge in [0.2, 0.25) is 0 Å². The summed E-state index contributed by atoms with van der Waals surface area (Å²) in [5.74, 6) is 0.789. The molecule has 1 heterocycles. The van der Waals surface area contributed by atoms with E-state index in [-0.39, 0.29) is 0 Å². The lowest BCUT2D eigenvalue weighted by atomic mass is 10.0. The van der Waals surface area contributed by atoms with Crippen LogP contribution in [0.1, 0.15) is 18.2 Å². The molecule has 1 rings (SSSR count). The van der Waals surface area contributed by atoms with Gasteiger partial charge in [-0.15, -0.1) is 6.58 Å². The van der Waals surface area contributed by atoms with Gasteiger partial charge < -0.3 is 9.52 Å². The normalized spacial score (nSPS) is 15.6. The van der Waals surface area contributed by atoms with E-state index in [2.05, 4.69) is 6.58 Å². The number of hydrogen-bond donors (Lipinski definition) is 1. The smallest absolute Gasteiger partial charge is 0.107 e. The molecule has 0 unspecified atom stereocenters. The van der Waals surface area contributed by atoms with Crippen molar-refractivity contribution in [2.45, 2.75) is 25.9 Å². The van der Waals surface area contributed by atoms with E-state index in [1.165, 1.54) is 6.08 Å². The summed E-state index contributed by atoms with van der Waals surface area (Å²) in [5.41, 5.74) is 0.203. The summed E-state index contributed by atoms with van der Waals surface area (Å²) < 4.78 is 5.19. The third-order valence-electron chi connectivity index (χ3n) is 1.76. The first kappa shape index (κ1) is 9.07. The largest absolute Gasteiger partial charge is 0.469 e. The van der Waals surface area contributed by atoms with E-state index in [0.29, 0.717) is 6.42 Å². The Morgan fingerprint density at radius 3 is 2.83 bits per heavy atom. The summed E-state index contributed by atoms with van der Waals surface area (Å²) in [6.07, 6.45) is 3.67. The Kier molecular flexibility index (Phi) is 2.38. The van der Waals surface area contributed by atoms with Gasteiger partial charge in [0.25, 0.3) is 0 Å². The second kappa shape index (κ2) is 3.15. The molecule has 0 aliphatic rings. The molecule has 0 bridgehead atoms. The quantitative estimate of drug-likeness (QED) is 0.697. The molecule has 0 saturated carbocycles. The van der Waals surface area contributed by atoms with Crippen molar-refractivity contribution in [1.29, 1.82) is 0 Å². The fraction of sp³-hybridized carbons (Fsp3) is 0.400. The topological polar surface area (TPSA) is 33.4 Å². The summed E-state index contributed by atoms with van der Waals surface area (Å²) in [7, 11) is 0. The molecule has 0 saturated heterocycles. The molecular weight excluding hydrogens is 152 g/mol. The van der Waals surface area contributed by atoms with Gasteiger partial charge in [0, 0.05) is 6.42 Å². The Labute approximate surface area is 72.5 Å². The third kappa shape index (κ3) is 2.24. The summed E-state index contributed by atoms with van der Waals surface area (Å²) in [6, 6.07) is 1.91. The van der Waals surface area contributed by atoms with Gasteiger partial charge in [-0.3, -0.25) is 0 Å². The molecule has 0 fully saturated rings. The lowest BCUT2D eigenvalue weighted by molar-refractivity contribution is 0.106. The van der Waals surface area contributed by atoms with E-state index >= 15 is 0 Å². The van der Waals surface area contributed by atoms with Crippen LogP contribution < -0.4 is 0 Å². The molecule has 0 aliphatic carbocycles. The molecule has 1 N–H and O–H groups in total. The molecule has 0 aliphatic heterocycles. The van der Waals surface area contributed by atoms with Gasteiger partial charge in [0.1, 0.15) is 5.76 Å². The number of aliphatic hydroxyl groups is 1. The van der Waals surface area contributed by atoms with Crippen LogP contribution >= 0.6 is 0 Å². The zero-order valence-electron chi connectivity index (χ0n) is 7.50. The van der Waals surface area contributed by atoms with Crippen LogP contribution in [0.25, 0.3) is 0 Å². The second-order valence-corrected chi connectivity index (χ2v) is 3.33. The van der Waals surface area contributed by atoms with Gasteiger partial charge in [-0.1, -0.05) is 6.08 Å². The highest BCUT2D eigenvalue weighted by Crippen LogP contribution is 2.15. The van der Waals surface area contributed by atoms with Gasteiger partial charge in [-0.05, 0) is 25.5 Å². The Morgan fingerprint density at radius 1 is 1.75 bits per heavy atom. The maximum absolute atomic E-state index is 9.61. The van der Waals surface area contributed by atoms with Crippen LogP contribution in [0.5, 0.6) is 0 Å². The van der Waals surface area contributed by atoms with Crippen molar-refractivity contribution in [3.8, 4) is 0 Å². The molecule has 0 amide bonds. The maximum Gasteiger partial charge on any atom is 0.107 e. The molecule has 12 heavy (non-hydrogen) atoms. The van der Waals surface area contributed by atoms with Gasteiger partial charge in [0.15, 0.2) is 0 Å². The van der Waals surface area contributed by atoms with Crippen LogP contribution in [0.4, 0.5) is 0 Å². The van der Waals surface area contributed by atoms with Gasteiger partial charge in [-0.2, -0.15) is 0 Å². The van der Waals surface area contributed by atoms with E-state index in [1.54, 1.807) is 13.2 Å². The van der Waals surface area contributed by atoms with Crippen LogP contribution in [0, 0.1) is 6.92 Å². The second-order valence-electron chi connectivity index (χ2n) is 3.33. The van der Waals surface area contributed by atoms with Gasteiger partial charge in [0.05, 0.1) is 11.9 Å². The Balaban J connectivity index is 2.69. The van der Waals surface area contributed by atoms with Crippen LogP contribution in [0.15, 0.2) is 29.4 Å². The first-order valence-corrected chi connectivity index (χ1v) is 3.93. The Hall–Kier alpha value is -1.02. The van der Waals surface area contributed by atoms with E-state index in [1.807, 2.05) is 13.0 Å². The average Bonchev–Trinajstić information content (AvgIpc) is 2.35. The van der Waals surface area contributed by atoms with E-state index < -0.39 is 5.60 Å². The van der Waals surface area contributed by atoms with Crippen molar-refractivity contribution in [2.24, 2.45) is 0 Å². The lowest BCUT2D eigenvalue weighted by Crippen LogP contribution is -2.23. The first-order chi connectivity index (χ1) is 5.53. The van der Waals surface area contributed by atoms with E-state index in [0.717, 1.165) is 11.3 Å². The molecule has 2 heteroatoms. The lowest BCUT2D eigenvalue weighted by Gasteiger charge is -2.15. The van der Waals surface area contributed by atoms with E-state index in [9.17, 15) is 5.11 Å². The number of furan rings is 1. The minimum absolute atomic E-state index is 0.477. The molecule has 1 atom stereocenters. The van der Waals surface area contributed by atoms with Crippen molar-refractivity contribution < 1.29 is 9.52 Å². The zero-order chi connectivity index (χ0) is 9.19. The summed E-state index contributed by atoms with van der Waals surface area (Å²) in [4.78, 5) is 0. The molecule has 1 aromatic heterocycles. The van der Waals surface area contributed by atoms with Gasteiger partial charge in [-0.25, -0.2) is 0 Å². The zero-order valence-corrected chi connectivity index (χ0v) is 7.50. The fourth-order valence-corrected chi connectivity index (χ4v) is 1.01. The van der Waals surface area contributed by atoms with Crippen molar-refractivity contribution in [2.75, 3.05) is 0 Å². The predicted octanol–water partition coefficient (Wildman–Crippen LogP) is 2.07. The summed E-state index contributed by atoms with van der Waals surface area (Å²) >= 11 is 0. The highest BCUT2D eigenvalue weighted by molar-refractivity contribution is 5.13. The van der Waals surface area contributed by atoms with Crippen LogP contribution in [0.2, 0.25) is 0 Å². The summed E-state index contributed by atoms with van der Waals surface area (Å²) in [5, 5.41) is 9.61. The number of rotatable bonds is 3.